The number of amides is 3. The molecular weight excluding hydrogens is 466 g/mol. The van der Waals surface area contributed by atoms with Gasteiger partial charge in [-0.1, -0.05) is 36.0 Å². The van der Waals surface area contributed by atoms with E-state index >= 15 is 0 Å². The highest BCUT2D eigenvalue weighted by Gasteiger charge is 2.41. The fraction of sp³-hybridized carbons (Fsp3) is 0.333. The zero-order valence-electron chi connectivity index (χ0n) is 19.1. The molecule has 3 amide bonds. The molecule has 1 saturated carbocycles. The number of carbonyl (C=O) groups excluding carboxylic acids is 3. The first-order valence-electron chi connectivity index (χ1n) is 12.1. The second kappa shape index (κ2) is 8.64. The van der Waals surface area contributed by atoms with Gasteiger partial charge in [-0.3, -0.25) is 19.3 Å². The number of aromatic nitrogens is 1. The number of hydrogen-bond acceptors (Lipinski definition) is 5. The molecule has 1 aromatic heterocycles. The van der Waals surface area contributed by atoms with Crippen molar-refractivity contribution < 1.29 is 18.9 Å². The summed E-state index contributed by atoms with van der Waals surface area (Å²) < 4.78 is 5.61. The van der Waals surface area contributed by atoms with Crippen LogP contribution in [0.1, 0.15) is 74.4 Å². The number of rotatable bonds is 3. The Hall–Kier alpha value is -3.45. The Balaban J connectivity index is 1.22. The summed E-state index contributed by atoms with van der Waals surface area (Å²) in [5.74, 6) is -0.00787. The van der Waals surface area contributed by atoms with Crippen LogP contribution >= 0.6 is 11.6 Å². The zero-order valence-corrected chi connectivity index (χ0v) is 19.9. The Morgan fingerprint density at radius 3 is 2.49 bits per heavy atom. The Labute approximate surface area is 207 Å². The van der Waals surface area contributed by atoms with E-state index in [0.29, 0.717) is 47.0 Å². The molecule has 3 aliphatic rings. The van der Waals surface area contributed by atoms with E-state index in [1.807, 2.05) is 12.1 Å². The smallest absolute Gasteiger partial charge is 0.261 e. The van der Waals surface area contributed by atoms with Gasteiger partial charge in [0.25, 0.3) is 17.7 Å². The summed E-state index contributed by atoms with van der Waals surface area (Å²) in [7, 11) is 0. The lowest BCUT2D eigenvalue weighted by atomic mass is 9.94. The summed E-state index contributed by atoms with van der Waals surface area (Å²) in [6.07, 6.45) is 5.51. The van der Waals surface area contributed by atoms with Gasteiger partial charge in [0.05, 0.1) is 17.7 Å². The molecule has 0 spiro atoms. The predicted octanol–water partition coefficient (Wildman–Crippen LogP) is 5.12. The van der Waals surface area contributed by atoms with Crippen LogP contribution in [0.2, 0.25) is 5.02 Å². The SMILES string of the molecule is O=C(c1ccc2c(c1)C(=O)N(C1CCCCC1)C2=O)N1CCc2c(noc2-c2ccc(Cl)cc2)C1. The lowest BCUT2D eigenvalue weighted by Gasteiger charge is -2.29. The highest BCUT2D eigenvalue weighted by molar-refractivity contribution is 6.30. The van der Waals surface area contributed by atoms with Gasteiger partial charge in [0.15, 0.2) is 5.76 Å². The lowest BCUT2D eigenvalue weighted by molar-refractivity contribution is 0.0548. The Bertz CT molecular complexity index is 1340. The second-order valence-corrected chi connectivity index (χ2v) is 9.89. The molecule has 0 unspecified atom stereocenters. The van der Waals surface area contributed by atoms with Gasteiger partial charge in [-0.15, -0.1) is 0 Å². The van der Waals surface area contributed by atoms with Gasteiger partial charge < -0.3 is 9.42 Å². The third-order valence-electron chi connectivity index (χ3n) is 7.34. The van der Waals surface area contributed by atoms with Crippen molar-refractivity contribution in [2.45, 2.75) is 51.1 Å². The largest absolute Gasteiger partial charge is 0.356 e. The van der Waals surface area contributed by atoms with Crippen molar-refractivity contribution in [1.29, 1.82) is 0 Å². The summed E-state index contributed by atoms with van der Waals surface area (Å²) in [4.78, 5) is 42.5. The third-order valence-corrected chi connectivity index (χ3v) is 7.59. The third kappa shape index (κ3) is 3.74. The highest BCUT2D eigenvalue weighted by atomic mass is 35.5. The van der Waals surface area contributed by atoms with Crippen LogP contribution in [0.3, 0.4) is 0 Å². The van der Waals surface area contributed by atoms with Crippen molar-refractivity contribution in [1.82, 2.24) is 15.0 Å². The Kier molecular flexibility index (Phi) is 5.44. The first-order chi connectivity index (χ1) is 17.0. The molecule has 0 radical (unpaired) electrons. The summed E-state index contributed by atoms with van der Waals surface area (Å²) >= 11 is 6.00. The van der Waals surface area contributed by atoms with E-state index in [1.54, 1.807) is 35.2 Å². The van der Waals surface area contributed by atoms with Crippen LogP contribution in [-0.4, -0.2) is 45.3 Å². The minimum atomic E-state index is -0.281. The molecule has 0 bridgehead atoms. The number of benzene rings is 2. The molecule has 35 heavy (non-hydrogen) atoms. The molecule has 7 nitrogen and oxygen atoms in total. The summed E-state index contributed by atoms with van der Waals surface area (Å²) in [5.41, 5.74) is 3.74. The van der Waals surface area contributed by atoms with E-state index in [-0.39, 0.29) is 23.8 Å². The van der Waals surface area contributed by atoms with Crippen LogP contribution in [0.25, 0.3) is 11.3 Å². The summed E-state index contributed by atoms with van der Waals surface area (Å²) in [6.45, 7) is 0.829. The van der Waals surface area contributed by atoms with Crippen molar-refractivity contribution in [3.05, 3.63) is 75.4 Å². The van der Waals surface area contributed by atoms with Gasteiger partial charge in [-0.05, 0) is 61.7 Å². The molecule has 0 atom stereocenters. The zero-order chi connectivity index (χ0) is 24.1. The van der Waals surface area contributed by atoms with E-state index in [9.17, 15) is 14.4 Å². The van der Waals surface area contributed by atoms with Gasteiger partial charge in [0.1, 0.15) is 5.69 Å². The first-order valence-corrected chi connectivity index (χ1v) is 12.4. The normalized spacial score (nSPS) is 18.1. The van der Waals surface area contributed by atoms with Crippen LogP contribution in [0, 0.1) is 0 Å². The number of halogens is 1. The number of hydrogen-bond donors (Lipinski definition) is 0. The van der Waals surface area contributed by atoms with E-state index in [2.05, 4.69) is 5.16 Å². The maximum atomic E-state index is 13.3. The minimum absolute atomic E-state index is 0.0437. The quantitative estimate of drug-likeness (QED) is 0.477. The molecule has 0 N–H and O–H groups in total. The molecule has 1 aliphatic carbocycles. The van der Waals surface area contributed by atoms with Gasteiger partial charge in [0.2, 0.25) is 0 Å². The number of nitrogens with zero attached hydrogens (tertiary/aromatic N) is 3. The van der Waals surface area contributed by atoms with Crippen molar-refractivity contribution in [2.24, 2.45) is 0 Å². The molecule has 3 aromatic rings. The van der Waals surface area contributed by atoms with Crippen LogP contribution < -0.4 is 0 Å². The molecule has 6 rings (SSSR count). The topological polar surface area (TPSA) is 83.7 Å². The number of fused-ring (bicyclic) bond motifs is 2. The summed E-state index contributed by atoms with van der Waals surface area (Å²) in [6, 6.07) is 12.2. The molecule has 2 aromatic carbocycles. The predicted molar refractivity (Wildman–Crippen MR) is 129 cm³/mol. The maximum Gasteiger partial charge on any atom is 0.261 e. The van der Waals surface area contributed by atoms with Crippen molar-refractivity contribution in [3.8, 4) is 11.3 Å². The molecule has 3 heterocycles. The standard InChI is InChI=1S/C27H24ClN3O4/c28-18-9-6-16(7-10-18)24-21-12-13-30(15-23(21)29-35-24)25(32)17-8-11-20-22(14-17)27(34)31(26(20)33)19-4-2-1-3-5-19/h6-11,14,19H,1-5,12-13,15H2. The number of imide groups is 1. The molecule has 1 fully saturated rings. The molecule has 8 heteroatoms. The van der Waals surface area contributed by atoms with Gasteiger partial charge in [0, 0.05) is 34.3 Å². The second-order valence-electron chi connectivity index (χ2n) is 9.45. The van der Waals surface area contributed by atoms with E-state index in [4.69, 9.17) is 16.1 Å². The average molecular weight is 490 g/mol. The van der Waals surface area contributed by atoms with Gasteiger partial charge >= 0.3 is 0 Å². The van der Waals surface area contributed by atoms with Crippen LogP contribution in [0.4, 0.5) is 0 Å². The van der Waals surface area contributed by atoms with E-state index in [0.717, 1.165) is 48.9 Å². The highest BCUT2D eigenvalue weighted by Crippen LogP contribution is 2.33. The fourth-order valence-electron chi connectivity index (χ4n) is 5.48. The first kappa shape index (κ1) is 22.0. The van der Waals surface area contributed by atoms with Gasteiger partial charge in [-0.25, -0.2) is 0 Å². The molecule has 2 aliphatic heterocycles. The monoisotopic (exact) mass is 489 g/mol. The molecule has 178 valence electrons. The van der Waals surface area contributed by atoms with Gasteiger partial charge in [-0.2, -0.15) is 0 Å². The van der Waals surface area contributed by atoms with Crippen molar-refractivity contribution >= 4 is 29.3 Å². The molecular formula is C27H24ClN3O4. The van der Waals surface area contributed by atoms with Crippen LogP contribution in [-0.2, 0) is 13.0 Å². The maximum absolute atomic E-state index is 13.3. The van der Waals surface area contributed by atoms with E-state index < -0.39 is 0 Å². The van der Waals surface area contributed by atoms with Crippen molar-refractivity contribution in [3.63, 3.8) is 0 Å². The number of carbonyl (C=O) groups is 3. The molecule has 0 saturated heterocycles. The van der Waals surface area contributed by atoms with Crippen molar-refractivity contribution in [2.75, 3.05) is 6.54 Å². The average Bonchev–Trinajstić information content (AvgIpc) is 3.42. The minimum Gasteiger partial charge on any atom is -0.356 e. The Morgan fingerprint density at radius 1 is 0.971 bits per heavy atom. The summed E-state index contributed by atoms with van der Waals surface area (Å²) in [5, 5.41) is 4.86. The Morgan fingerprint density at radius 2 is 1.71 bits per heavy atom. The van der Waals surface area contributed by atoms with Crippen LogP contribution in [0.5, 0.6) is 0 Å². The van der Waals surface area contributed by atoms with Crippen LogP contribution in [0.15, 0.2) is 47.0 Å². The lowest BCUT2D eigenvalue weighted by Crippen LogP contribution is -2.40. The van der Waals surface area contributed by atoms with E-state index in [1.165, 1.54) is 4.90 Å². The fourth-order valence-corrected chi connectivity index (χ4v) is 5.60.